The molecule has 0 fully saturated rings. The van der Waals surface area contributed by atoms with Crippen LogP contribution in [0.2, 0.25) is 0 Å². The highest BCUT2D eigenvalue weighted by molar-refractivity contribution is 6.21. The molecule has 0 saturated carbocycles. The molecule has 23 heavy (non-hydrogen) atoms. The van der Waals surface area contributed by atoms with Gasteiger partial charge in [0.2, 0.25) is 0 Å². The monoisotopic (exact) mass is 317 g/mol. The number of amides is 2. The Bertz CT molecular complexity index is 492. The summed E-state index contributed by atoms with van der Waals surface area (Å²) in [6.07, 6.45) is 10.0. The van der Waals surface area contributed by atoms with Crippen molar-refractivity contribution in [3.8, 4) is 0 Å². The van der Waals surface area contributed by atoms with Crippen LogP contribution in [0.25, 0.3) is 0 Å². The Balaban J connectivity index is 1.57. The highest BCUT2D eigenvalue weighted by Crippen LogP contribution is 2.22. The maximum atomic E-state index is 12.2. The Labute approximate surface area is 138 Å². The maximum absolute atomic E-state index is 12.2. The normalized spacial score (nSPS) is 13.7. The standard InChI is InChI=1S/C19H27NO3/c21-15-11-7-5-3-1-2-4-6-10-14-20-18(22)16-12-8-9-13-17(16)19(20)23/h8-9,12-13,21H,1-7,10-11,14-15H2. The number of unbranched alkanes of at least 4 members (excludes halogenated alkanes) is 8. The summed E-state index contributed by atoms with van der Waals surface area (Å²) in [7, 11) is 0. The van der Waals surface area contributed by atoms with Crippen molar-refractivity contribution in [1.29, 1.82) is 0 Å². The van der Waals surface area contributed by atoms with Crippen LogP contribution < -0.4 is 0 Å². The fourth-order valence-electron chi connectivity index (χ4n) is 3.06. The topological polar surface area (TPSA) is 57.6 Å². The van der Waals surface area contributed by atoms with E-state index >= 15 is 0 Å². The number of imide groups is 1. The first kappa shape index (κ1) is 17.7. The van der Waals surface area contributed by atoms with Crippen molar-refractivity contribution in [1.82, 2.24) is 4.90 Å². The lowest BCUT2D eigenvalue weighted by atomic mass is 10.1. The fraction of sp³-hybridized carbons (Fsp3) is 0.579. The number of carbonyl (C=O) groups is 2. The fourth-order valence-corrected chi connectivity index (χ4v) is 3.06. The molecule has 0 unspecified atom stereocenters. The zero-order chi connectivity index (χ0) is 16.5. The second-order valence-corrected chi connectivity index (χ2v) is 6.21. The summed E-state index contributed by atoms with van der Waals surface area (Å²) < 4.78 is 0. The van der Waals surface area contributed by atoms with Gasteiger partial charge in [-0.15, -0.1) is 0 Å². The molecular formula is C19H27NO3. The second kappa shape index (κ2) is 9.46. The van der Waals surface area contributed by atoms with E-state index in [0.29, 0.717) is 24.3 Å². The molecule has 1 aromatic carbocycles. The molecule has 126 valence electrons. The summed E-state index contributed by atoms with van der Waals surface area (Å²) in [5.41, 5.74) is 1.08. The van der Waals surface area contributed by atoms with E-state index in [0.717, 1.165) is 32.1 Å². The quantitative estimate of drug-likeness (QED) is 0.499. The largest absolute Gasteiger partial charge is 0.396 e. The zero-order valence-electron chi connectivity index (χ0n) is 13.8. The Kier molecular flexibility index (Phi) is 7.27. The number of nitrogens with zero attached hydrogens (tertiary/aromatic N) is 1. The number of hydrogen-bond donors (Lipinski definition) is 1. The Morgan fingerprint density at radius 1 is 0.696 bits per heavy atom. The van der Waals surface area contributed by atoms with Gasteiger partial charge < -0.3 is 5.11 Å². The molecule has 4 nitrogen and oxygen atoms in total. The van der Waals surface area contributed by atoms with Crippen molar-refractivity contribution in [2.45, 2.75) is 57.8 Å². The van der Waals surface area contributed by atoms with Gasteiger partial charge in [-0.2, -0.15) is 0 Å². The van der Waals surface area contributed by atoms with Crippen molar-refractivity contribution in [3.05, 3.63) is 35.4 Å². The molecular weight excluding hydrogens is 290 g/mol. The van der Waals surface area contributed by atoms with Crippen LogP contribution in [-0.2, 0) is 0 Å². The molecule has 0 aliphatic carbocycles. The third-order valence-electron chi connectivity index (χ3n) is 4.42. The summed E-state index contributed by atoms with van der Waals surface area (Å²) in [4.78, 5) is 25.8. The van der Waals surface area contributed by atoms with E-state index in [9.17, 15) is 9.59 Å². The molecule has 1 aromatic rings. The minimum atomic E-state index is -0.144. The Morgan fingerprint density at radius 2 is 1.13 bits per heavy atom. The summed E-state index contributed by atoms with van der Waals surface area (Å²) in [6, 6.07) is 7.06. The molecule has 2 amide bonds. The lowest BCUT2D eigenvalue weighted by molar-refractivity contribution is 0.0651. The van der Waals surface area contributed by atoms with E-state index in [-0.39, 0.29) is 11.8 Å². The van der Waals surface area contributed by atoms with E-state index in [1.165, 1.54) is 30.6 Å². The SMILES string of the molecule is O=C1c2ccccc2C(=O)N1CCCCCCCCCCCO. The van der Waals surface area contributed by atoms with Gasteiger partial charge in [0.1, 0.15) is 0 Å². The third-order valence-corrected chi connectivity index (χ3v) is 4.42. The molecule has 1 N–H and O–H groups in total. The number of benzene rings is 1. The van der Waals surface area contributed by atoms with Gasteiger partial charge in [0.05, 0.1) is 11.1 Å². The number of carbonyl (C=O) groups excluding carboxylic acids is 2. The molecule has 0 spiro atoms. The second-order valence-electron chi connectivity index (χ2n) is 6.21. The van der Waals surface area contributed by atoms with E-state index in [2.05, 4.69) is 0 Å². The predicted octanol–water partition coefficient (Wildman–Crippen LogP) is 3.79. The molecule has 0 bridgehead atoms. The summed E-state index contributed by atoms with van der Waals surface area (Å²) >= 11 is 0. The van der Waals surface area contributed by atoms with Gasteiger partial charge in [0, 0.05) is 13.2 Å². The minimum absolute atomic E-state index is 0.144. The number of fused-ring (bicyclic) bond motifs is 1. The highest BCUT2D eigenvalue weighted by Gasteiger charge is 2.34. The average Bonchev–Trinajstić information content (AvgIpc) is 2.81. The van der Waals surface area contributed by atoms with Gasteiger partial charge in [-0.3, -0.25) is 14.5 Å². The molecule has 4 heteroatoms. The van der Waals surface area contributed by atoms with Crippen LogP contribution in [0.15, 0.2) is 24.3 Å². The van der Waals surface area contributed by atoms with E-state index in [4.69, 9.17) is 5.11 Å². The van der Waals surface area contributed by atoms with Crippen LogP contribution in [0.3, 0.4) is 0 Å². The molecule has 2 rings (SSSR count). The average molecular weight is 317 g/mol. The first-order valence-electron chi connectivity index (χ1n) is 8.82. The van der Waals surface area contributed by atoms with Gasteiger partial charge >= 0.3 is 0 Å². The third kappa shape index (κ3) is 4.90. The van der Waals surface area contributed by atoms with Crippen LogP contribution >= 0.6 is 0 Å². The van der Waals surface area contributed by atoms with Gasteiger partial charge in [0.15, 0.2) is 0 Å². The lowest BCUT2D eigenvalue weighted by Gasteiger charge is -2.13. The van der Waals surface area contributed by atoms with Crippen molar-refractivity contribution in [2.24, 2.45) is 0 Å². The molecule has 0 saturated heterocycles. The van der Waals surface area contributed by atoms with Gasteiger partial charge in [-0.25, -0.2) is 0 Å². The van der Waals surface area contributed by atoms with Gasteiger partial charge in [-0.1, -0.05) is 57.1 Å². The van der Waals surface area contributed by atoms with E-state index in [1.54, 1.807) is 24.3 Å². The number of hydrogen-bond acceptors (Lipinski definition) is 3. The van der Waals surface area contributed by atoms with Crippen LogP contribution in [0, 0.1) is 0 Å². The van der Waals surface area contributed by atoms with Crippen LogP contribution in [0.4, 0.5) is 0 Å². The molecule has 0 aromatic heterocycles. The summed E-state index contributed by atoms with van der Waals surface area (Å²) in [5, 5.41) is 8.70. The van der Waals surface area contributed by atoms with Crippen molar-refractivity contribution < 1.29 is 14.7 Å². The van der Waals surface area contributed by atoms with E-state index in [1.807, 2.05) is 0 Å². The number of rotatable bonds is 11. The van der Waals surface area contributed by atoms with Crippen LogP contribution in [0.5, 0.6) is 0 Å². The van der Waals surface area contributed by atoms with Crippen molar-refractivity contribution >= 4 is 11.8 Å². The number of aliphatic hydroxyl groups is 1. The molecule has 0 atom stereocenters. The number of aliphatic hydroxyl groups excluding tert-OH is 1. The van der Waals surface area contributed by atoms with Gasteiger partial charge in [-0.05, 0) is 25.0 Å². The summed E-state index contributed by atoms with van der Waals surface area (Å²) in [5.74, 6) is -0.288. The molecule has 0 radical (unpaired) electrons. The molecule has 1 aliphatic heterocycles. The smallest absolute Gasteiger partial charge is 0.261 e. The minimum Gasteiger partial charge on any atom is -0.396 e. The molecule has 1 heterocycles. The van der Waals surface area contributed by atoms with Crippen molar-refractivity contribution in [3.63, 3.8) is 0 Å². The molecule has 1 aliphatic rings. The lowest BCUT2D eigenvalue weighted by Crippen LogP contribution is -2.30. The van der Waals surface area contributed by atoms with Crippen LogP contribution in [-0.4, -0.2) is 35.0 Å². The first-order valence-corrected chi connectivity index (χ1v) is 8.82. The summed E-state index contributed by atoms with van der Waals surface area (Å²) in [6.45, 7) is 0.834. The van der Waals surface area contributed by atoms with Gasteiger partial charge in [0.25, 0.3) is 11.8 Å². The Hall–Kier alpha value is -1.68. The first-order chi connectivity index (χ1) is 11.3. The predicted molar refractivity (Wildman–Crippen MR) is 90.4 cm³/mol. The maximum Gasteiger partial charge on any atom is 0.261 e. The van der Waals surface area contributed by atoms with Crippen LogP contribution in [0.1, 0.15) is 78.5 Å². The zero-order valence-corrected chi connectivity index (χ0v) is 13.8. The Morgan fingerprint density at radius 3 is 1.61 bits per heavy atom. The van der Waals surface area contributed by atoms with E-state index < -0.39 is 0 Å². The van der Waals surface area contributed by atoms with Crippen molar-refractivity contribution in [2.75, 3.05) is 13.2 Å². The highest BCUT2D eigenvalue weighted by atomic mass is 16.3.